The monoisotopic (exact) mass is 296 g/mol. The van der Waals surface area contributed by atoms with Gasteiger partial charge in [0.15, 0.2) is 0 Å². The molecular weight excluding hydrogens is 284 g/mol. The first kappa shape index (κ1) is 13.3. The van der Waals surface area contributed by atoms with Crippen molar-refractivity contribution < 1.29 is 4.79 Å². The molecule has 0 bridgehead atoms. The molecule has 0 spiro atoms. The van der Waals surface area contributed by atoms with E-state index in [0.717, 1.165) is 21.8 Å². The van der Waals surface area contributed by atoms with Gasteiger partial charge in [-0.3, -0.25) is 4.79 Å². The summed E-state index contributed by atoms with van der Waals surface area (Å²) in [7, 11) is 0. The van der Waals surface area contributed by atoms with Crippen LogP contribution in [0.5, 0.6) is 0 Å². The van der Waals surface area contributed by atoms with Crippen LogP contribution >= 0.6 is 11.3 Å². The van der Waals surface area contributed by atoms with Crippen molar-refractivity contribution in [2.75, 3.05) is 0 Å². The summed E-state index contributed by atoms with van der Waals surface area (Å²) in [5.74, 6) is 0. The van der Waals surface area contributed by atoms with Crippen molar-refractivity contribution in [3.63, 3.8) is 0 Å². The highest BCUT2D eigenvalue weighted by molar-refractivity contribution is 7.12. The van der Waals surface area contributed by atoms with Gasteiger partial charge in [0.25, 0.3) is 0 Å². The maximum Gasteiger partial charge on any atom is 0.227 e. The molecule has 104 valence electrons. The van der Waals surface area contributed by atoms with Crippen LogP contribution in [0.25, 0.3) is 16.3 Å². The van der Waals surface area contributed by atoms with Crippen LogP contribution in [0.1, 0.15) is 5.56 Å². The summed E-state index contributed by atoms with van der Waals surface area (Å²) in [5.41, 5.74) is 4.93. The number of carbonyl (C=O) groups is 1. The number of hydrogen-bond acceptors (Lipinski definition) is 4. The highest BCUT2D eigenvalue weighted by Crippen LogP contribution is 2.23. The van der Waals surface area contributed by atoms with E-state index in [0.29, 0.717) is 6.41 Å². The standard InChI is InChI=1S/C15H12N4OS/c20-11-17-16-9-13-10-19(14-7-4-8-21-14)18-15(13)12-5-2-1-3-6-12/h1-11H,(H,17,20)/b16-9-. The topological polar surface area (TPSA) is 59.3 Å². The SMILES string of the molecule is O=CN/N=C\c1cn(-c2cccs2)nc1-c1ccccc1. The normalized spacial score (nSPS) is 10.9. The van der Waals surface area contributed by atoms with Crippen LogP contribution in [0.15, 0.2) is 59.1 Å². The number of nitrogens with zero attached hydrogens (tertiary/aromatic N) is 3. The Bertz CT molecular complexity index is 747. The predicted octanol–water partition coefficient (Wildman–Crippen LogP) is 2.68. The first-order valence-corrected chi connectivity index (χ1v) is 7.17. The third-order valence-corrected chi connectivity index (χ3v) is 3.71. The maximum absolute atomic E-state index is 10.3. The first-order valence-electron chi connectivity index (χ1n) is 6.29. The predicted molar refractivity (Wildman–Crippen MR) is 83.7 cm³/mol. The fraction of sp³-hybridized carbons (Fsp3) is 0. The van der Waals surface area contributed by atoms with Gasteiger partial charge in [-0.25, -0.2) is 10.1 Å². The number of hydrazone groups is 1. The largest absolute Gasteiger partial charge is 0.277 e. The van der Waals surface area contributed by atoms with Gasteiger partial charge in [-0.15, -0.1) is 11.3 Å². The van der Waals surface area contributed by atoms with E-state index in [1.807, 2.05) is 58.7 Å². The molecule has 2 heterocycles. The average molecular weight is 296 g/mol. The summed E-state index contributed by atoms with van der Waals surface area (Å²) < 4.78 is 1.81. The number of nitrogens with one attached hydrogen (secondary N) is 1. The van der Waals surface area contributed by atoms with Gasteiger partial charge in [0.05, 0.1) is 6.21 Å². The maximum atomic E-state index is 10.3. The molecule has 0 radical (unpaired) electrons. The van der Waals surface area contributed by atoms with Gasteiger partial charge in [-0.1, -0.05) is 30.3 Å². The van der Waals surface area contributed by atoms with Crippen LogP contribution in [-0.4, -0.2) is 22.4 Å². The average Bonchev–Trinajstić information content (AvgIpc) is 3.18. The zero-order chi connectivity index (χ0) is 14.5. The summed E-state index contributed by atoms with van der Waals surface area (Å²) in [4.78, 5) is 10.3. The highest BCUT2D eigenvalue weighted by atomic mass is 32.1. The minimum Gasteiger partial charge on any atom is -0.277 e. The van der Waals surface area contributed by atoms with Crippen LogP contribution in [0.2, 0.25) is 0 Å². The van der Waals surface area contributed by atoms with Gasteiger partial charge >= 0.3 is 0 Å². The molecule has 0 fully saturated rings. The lowest BCUT2D eigenvalue weighted by atomic mass is 10.1. The minimum absolute atomic E-state index is 0.530. The Labute approximate surface area is 125 Å². The summed E-state index contributed by atoms with van der Waals surface area (Å²) in [6, 6.07) is 13.8. The molecule has 0 saturated heterocycles. The molecule has 3 aromatic rings. The van der Waals surface area contributed by atoms with E-state index in [1.54, 1.807) is 17.6 Å². The summed E-state index contributed by atoms with van der Waals surface area (Å²) in [5, 5.41) is 11.5. The van der Waals surface area contributed by atoms with Crippen molar-refractivity contribution in [1.29, 1.82) is 0 Å². The summed E-state index contributed by atoms with van der Waals surface area (Å²) in [6.45, 7) is 0. The second-order valence-corrected chi connectivity index (χ2v) is 5.13. The van der Waals surface area contributed by atoms with E-state index in [-0.39, 0.29) is 0 Å². The lowest BCUT2D eigenvalue weighted by molar-refractivity contribution is -0.109. The number of carbonyl (C=O) groups excluding carboxylic acids is 1. The molecule has 21 heavy (non-hydrogen) atoms. The smallest absolute Gasteiger partial charge is 0.227 e. The van der Waals surface area contributed by atoms with E-state index >= 15 is 0 Å². The molecule has 0 unspecified atom stereocenters. The van der Waals surface area contributed by atoms with Gasteiger partial charge in [0, 0.05) is 17.3 Å². The van der Waals surface area contributed by atoms with Crippen LogP contribution in [-0.2, 0) is 4.79 Å². The van der Waals surface area contributed by atoms with E-state index in [4.69, 9.17) is 0 Å². The van der Waals surface area contributed by atoms with Crippen molar-refractivity contribution in [3.05, 3.63) is 59.6 Å². The van der Waals surface area contributed by atoms with Crippen LogP contribution in [0.3, 0.4) is 0 Å². The Hall–Kier alpha value is -2.73. The molecule has 1 amide bonds. The highest BCUT2D eigenvalue weighted by Gasteiger charge is 2.11. The fourth-order valence-electron chi connectivity index (χ4n) is 1.95. The molecule has 6 heteroatoms. The van der Waals surface area contributed by atoms with Crippen molar-refractivity contribution >= 4 is 24.0 Å². The van der Waals surface area contributed by atoms with Crippen molar-refractivity contribution in [3.8, 4) is 16.3 Å². The number of benzene rings is 1. The van der Waals surface area contributed by atoms with Gasteiger partial charge in [0.1, 0.15) is 10.7 Å². The van der Waals surface area contributed by atoms with E-state index in [9.17, 15) is 4.79 Å². The zero-order valence-electron chi connectivity index (χ0n) is 11.0. The molecule has 0 saturated carbocycles. The molecule has 0 aliphatic carbocycles. The number of rotatable bonds is 5. The molecule has 0 atom stereocenters. The lowest BCUT2D eigenvalue weighted by Crippen LogP contribution is -2.00. The van der Waals surface area contributed by atoms with Crippen LogP contribution in [0, 0.1) is 0 Å². The lowest BCUT2D eigenvalue weighted by Gasteiger charge is -1.97. The Morgan fingerprint density at radius 2 is 2.05 bits per heavy atom. The summed E-state index contributed by atoms with van der Waals surface area (Å²) >= 11 is 1.61. The molecular formula is C15H12N4OS. The Kier molecular flexibility index (Phi) is 3.88. The van der Waals surface area contributed by atoms with Crippen LogP contribution < -0.4 is 5.43 Å². The molecule has 3 rings (SSSR count). The second kappa shape index (κ2) is 6.15. The molecule has 1 aromatic carbocycles. The minimum atomic E-state index is 0.530. The molecule has 5 nitrogen and oxygen atoms in total. The summed E-state index contributed by atoms with van der Waals surface area (Å²) in [6.07, 6.45) is 4.01. The van der Waals surface area contributed by atoms with E-state index in [1.165, 1.54) is 0 Å². The molecule has 0 aliphatic rings. The molecule has 1 N–H and O–H groups in total. The van der Waals surface area contributed by atoms with E-state index in [2.05, 4.69) is 15.6 Å². The third kappa shape index (κ3) is 2.90. The van der Waals surface area contributed by atoms with Crippen molar-refractivity contribution in [2.45, 2.75) is 0 Å². The molecule has 2 aromatic heterocycles. The zero-order valence-corrected chi connectivity index (χ0v) is 11.8. The van der Waals surface area contributed by atoms with Gasteiger partial charge < -0.3 is 0 Å². The first-order chi connectivity index (χ1) is 10.4. The van der Waals surface area contributed by atoms with Gasteiger partial charge in [-0.05, 0) is 17.5 Å². The number of hydrogen-bond donors (Lipinski definition) is 1. The number of thiophene rings is 1. The Balaban J connectivity index is 2.06. The third-order valence-electron chi connectivity index (χ3n) is 2.85. The van der Waals surface area contributed by atoms with Crippen LogP contribution in [0.4, 0.5) is 0 Å². The Morgan fingerprint density at radius 3 is 2.76 bits per heavy atom. The van der Waals surface area contributed by atoms with Crippen molar-refractivity contribution in [2.24, 2.45) is 5.10 Å². The molecule has 0 aliphatic heterocycles. The Morgan fingerprint density at radius 1 is 1.19 bits per heavy atom. The fourth-order valence-corrected chi connectivity index (χ4v) is 2.61. The number of amides is 1. The van der Waals surface area contributed by atoms with Gasteiger partial charge in [-0.2, -0.15) is 10.2 Å². The van der Waals surface area contributed by atoms with Crippen molar-refractivity contribution in [1.82, 2.24) is 15.2 Å². The van der Waals surface area contributed by atoms with E-state index < -0.39 is 0 Å². The van der Waals surface area contributed by atoms with Gasteiger partial charge in [0.2, 0.25) is 6.41 Å². The quantitative estimate of drug-likeness (QED) is 0.447. The number of aromatic nitrogens is 2. The second-order valence-electron chi connectivity index (χ2n) is 4.20.